The van der Waals surface area contributed by atoms with Crippen LogP contribution in [0.1, 0.15) is 233 Å². The van der Waals surface area contributed by atoms with Crippen molar-refractivity contribution in [3.8, 4) is 16.9 Å². The molecule has 2 unspecified atom stereocenters. The van der Waals surface area contributed by atoms with Gasteiger partial charge in [0.25, 0.3) is 0 Å². The van der Waals surface area contributed by atoms with Crippen LogP contribution in [-0.2, 0) is 22.3 Å². The monoisotopic (exact) mass is 1050 g/mol. The van der Waals surface area contributed by atoms with Crippen LogP contribution in [0.2, 0.25) is 0 Å². The average Bonchev–Trinajstić information content (AvgIpc) is 3.50. The second-order valence-corrected chi connectivity index (χ2v) is 22.7. The second-order valence-electron chi connectivity index (χ2n) is 22.7. The number of rotatable bonds is 25. The summed E-state index contributed by atoms with van der Waals surface area (Å²) in [6.45, 7) is 11.2. The van der Waals surface area contributed by atoms with E-state index in [-0.39, 0.29) is 12.6 Å². The van der Waals surface area contributed by atoms with Crippen molar-refractivity contribution in [1.82, 2.24) is 0 Å². The van der Waals surface area contributed by atoms with Crippen LogP contribution >= 0.6 is 0 Å². The van der Waals surface area contributed by atoms with Crippen molar-refractivity contribution in [1.29, 1.82) is 0 Å². The zero-order chi connectivity index (χ0) is 54.9. The molecule has 6 aromatic rings. The van der Waals surface area contributed by atoms with Crippen LogP contribution in [-0.4, -0.2) is 24.5 Å². The van der Waals surface area contributed by atoms with Gasteiger partial charge in [0.05, 0.1) is 16.7 Å². The van der Waals surface area contributed by atoms with E-state index in [4.69, 9.17) is 14.2 Å². The largest absolute Gasteiger partial charge is 0.458 e. The number of ether oxygens (including phenoxy) is 3. The molecule has 6 heteroatoms. The molecule has 0 spiro atoms. The van der Waals surface area contributed by atoms with E-state index in [0.717, 1.165) is 47.8 Å². The molecule has 6 aromatic carbocycles. The van der Waals surface area contributed by atoms with Gasteiger partial charge in [-0.2, -0.15) is 0 Å². The minimum absolute atomic E-state index is 0.0439. The van der Waals surface area contributed by atoms with Crippen LogP contribution < -0.4 is 4.74 Å². The Morgan fingerprint density at radius 2 is 0.949 bits per heavy atom. The fraction of sp³-hybridized carbons (Fsp3) is 0.458. The van der Waals surface area contributed by atoms with Gasteiger partial charge in [0.2, 0.25) is 0 Å². The molecule has 2 atom stereocenters. The van der Waals surface area contributed by atoms with Crippen LogP contribution in [0.4, 0.5) is 0 Å². The highest BCUT2D eigenvalue weighted by Gasteiger charge is 2.26. The maximum absolute atomic E-state index is 13.3. The van der Waals surface area contributed by atoms with Crippen LogP contribution in [0.5, 0.6) is 5.75 Å². The summed E-state index contributed by atoms with van der Waals surface area (Å²) in [6, 6.07) is 49.7. The summed E-state index contributed by atoms with van der Waals surface area (Å²) >= 11 is 0. The van der Waals surface area contributed by atoms with Gasteiger partial charge in [0.1, 0.15) is 12.4 Å². The van der Waals surface area contributed by atoms with E-state index in [1.54, 1.807) is 0 Å². The summed E-state index contributed by atoms with van der Waals surface area (Å²) in [5, 5.41) is 0. The molecule has 78 heavy (non-hydrogen) atoms. The van der Waals surface area contributed by atoms with E-state index >= 15 is 0 Å². The maximum Gasteiger partial charge on any atom is 0.343 e. The Kier molecular flexibility index (Phi) is 24.3. The molecule has 0 saturated heterocycles. The minimum Gasteiger partial charge on any atom is -0.458 e. The van der Waals surface area contributed by atoms with Crippen molar-refractivity contribution in [2.75, 3.05) is 6.61 Å². The second kappa shape index (κ2) is 32.0. The number of hydrogen-bond acceptors (Lipinski definition) is 6. The van der Waals surface area contributed by atoms with Crippen LogP contribution in [0, 0.1) is 17.8 Å². The molecule has 2 aliphatic rings. The number of hydrogen-bond donors (Lipinski definition) is 0. The van der Waals surface area contributed by atoms with Gasteiger partial charge in [-0.15, -0.1) is 0 Å². The first-order valence-electron chi connectivity index (χ1n) is 30.3. The van der Waals surface area contributed by atoms with Crippen molar-refractivity contribution >= 4 is 17.9 Å². The zero-order valence-corrected chi connectivity index (χ0v) is 47.9. The first-order valence-corrected chi connectivity index (χ1v) is 30.3. The van der Waals surface area contributed by atoms with E-state index in [0.29, 0.717) is 40.2 Å². The minimum atomic E-state index is -0.697. The number of benzene rings is 6. The Labute approximate surface area is 469 Å². The van der Waals surface area contributed by atoms with E-state index in [9.17, 15) is 14.4 Å². The Morgan fingerprint density at radius 1 is 0.474 bits per heavy atom. The van der Waals surface area contributed by atoms with E-state index < -0.39 is 18.0 Å². The molecule has 2 aliphatic carbocycles. The number of aryl methyl sites for hydroxylation is 1. The Hall–Kier alpha value is -6.27. The molecule has 2 saturated carbocycles. The first-order chi connectivity index (χ1) is 38.1. The fourth-order valence-corrected chi connectivity index (χ4v) is 11.5. The van der Waals surface area contributed by atoms with Gasteiger partial charge >= 0.3 is 17.9 Å². The van der Waals surface area contributed by atoms with Crippen LogP contribution in [0.15, 0.2) is 152 Å². The lowest BCUT2D eigenvalue weighted by Crippen LogP contribution is -2.19. The van der Waals surface area contributed by atoms with Crippen molar-refractivity contribution < 1.29 is 28.6 Å². The summed E-state index contributed by atoms with van der Waals surface area (Å²) in [7, 11) is 0. The molecule has 0 aliphatic heterocycles. The highest BCUT2D eigenvalue weighted by molar-refractivity contribution is 5.92. The normalized spacial score (nSPS) is 17.9. The molecule has 414 valence electrons. The molecule has 0 radical (unpaired) electrons. The van der Waals surface area contributed by atoms with Gasteiger partial charge in [-0.3, -0.25) is 0 Å². The van der Waals surface area contributed by atoms with Crippen molar-refractivity contribution in [2.24, 2.45) is 17.8 Å². The standard InChI is InChI=1S/C43H56O4.C29H34O2/c1-3-5-8-12-33-17-21-35(22-18-33)36-23-27-39(28-24-36)42(44)46-31-41(38-13-9-7-10-14-38)47-43(45)40-29-25-37(26-30-40)34-19-15-32(16-20-34)11-6-4-2;1-4-6-7-8-23-9-13-25(14-10-23)26-15-17-27(18-16-26)29(30)31-28-19-11-24(12-20-28)21-22(3)5-2/h7,9-10,13-14,23-30,32-35,41H,3-6,8,11-12,15-22,31H2,1-2H3;9-20,22H,4-8,21H2,1-3H3. The number of carbonyl (C=O) groups excluding carboxylic acids is 3. The molecule has 0 N–H and O–H groups in total. The van der Waals surface area contributed by atoms with Crippen molar-refractivity contribution in [3.05, 3.63) is 196 Å². The number of esters is 3. The third-order valence-electron chi connectivity index (χ3n) is 16.8. The lowest BCUT2D eigenvalue weighted by molar-refractivity contribution is -0.00134. The van der Waals surface area contributed by atoms with Gasteiger partial charge in [0.15, 0.2) is 6.10 Å². The summed E-state index contributed by atoms with van der Waals surface area (Å²) < 4.78 is 17.3. The third-order valence-corrected chi connectivity index (χ3v) is 16.8. The number of carbonyl (C=O) groups is 3. The van der Waals surface area contributed by atoms with Gasteiger partial charge in [-0.1, -0.05) is 202 Å². The Balaban J connectivity index is 0.000000246. The highest BCUT2D eigenvalue weighted by atomic mass is 16.6. The predicted molar refractivity (Wildman–Crippen MR) is 320 cm³/mol. The van der Waals surface area contributed by atoms with Crippen molar-refractivity contribution in [2.45, 2.75) is 187 Å². The number of unbranched alkanes of at least 4 members (excludes halogenated alkanes) is 5. The molecule has 8 rings (SSSR count). The Bertz CT molecular complexity index is 2660. The summed E-state index contributed by atoms with van der Waals surface area (Å²) in [5.74, 6) is 3.00. The summed E-state index contributed by atoms with van der Waals surface area (Å²) in [4.78, 5) is 38.9. The molecule has 2 fully saturated rings. The maximum atomic E-state index is 13.3. The summed E-state index contributed by atoms with van der Waals surface area (Å²) in [6.07, 6.45) is 25.9. The highest BCUT2D eigenvalue weighted by Crippen LogP contribution is 2.39. The average molecular weight is 1050 g/mol. The van der Waals surface area contributed by atoms with Crippen molar-refractivity contribution in [3.63, 3.8) is 0 Å². The van der Waals surface area contributed by atoms with Gasteiger partial charge < -0.3 is 14.2 Å². The molecule has 0 bridgehead atoms. The van der Waals surface area contributed by atoms with Crippen LogP contribution in [0.3, 0.4) is 0 Å². The van der Waals surface area contributed by atoms with E-state index in [1.807, 2.05) is 103 Å². The fourth-order valence-electron chi connectivity index (χ4n) is 11.5. The smallest absolute Gasteiger partial charge is 0.343 e. The topological polar surface area (TPSA) is 78.9 Å². The third kappa shape index (κ3) is 18.7. The lowest BCUT2D eigenvalue weighted by atomic mass is 9.77. The van der Waals surface area contributed by atoms with E-state index in [2.05, 4.69) is 83.1 Å². The van der Waals surface area contributed by atoms with Gasteiger partial charge in [-0.05, 0) is 188 Å². The van der Waals surface area contributed by atoms with Gasteiger partial charge in [-0.25, -0.2) is 14.4 Å². The molecule has 0 aromatic heterocycles. The molecule has 0 heterocycles. The predicted octanol–water partition coefficient (Wildman–Crippen LogP) is 19.7. The lowest BCUT2D eigenvalue weighted by Gasteiger charge is -2.29. The van der Waals surface area contributed by atoms with Crippen LogP contribution in [0.25, 0.3) is 11.1 Å². The Morgan fingerprint density at radius 3 is 1.49 bits per heavy atom. The molecular formula is C72H90O6. The quantitative estimate of drug-likeness (QED) is 0.0323. The SMILES string of the molecule is CCCCCC1CCC(c2ccc(C(=O)OCC(OC(=O)c3ccc(C4CCC(CCCC)CC4)cc3)c3ccccc3)cc2)CC1.CCCCCc1ccc(-c2ccc(C(=O)Oc3ccc(CC(C)CC)cc3)cc2)cc1. The van der Waals surface area contributed by atoms with E-state index in [1.165, 1.54) is 138 Å². The molecule has 6 nitrogen and oxygen atoms in total. The summed E-state index contributed by atoms with van der Waals surface area (Å²) in [5.41, 5.74) is 9.94. The first kappa shape index (κ1) is 59.4. The molecular weight excluding hydrogens is 961 g/mol. The molecule has 0 amide bonds. The zero-order valence-electron chi connectivity index (χ0n) is 47.9. The van der Waals surface area contributed by atoms with Gasteiger partial charge in [0, 0.05) is 0 Å².